The molecule has 0 aliphatic heterocycles. The third kappa shape index (κ3) is 45.5. The number of nitrogens with two attached hydrogens (primary N) is 2. The van der Waals surface area contributed by atoms with Gasteiger partial charge in [0.15, 0.2) is 5.95 Å². The summed E-state index contributed by atoms with van der Waals surface area (Å²) in [6.07, 6.45) is 55.5. The van der Waals surface area contributed by atoms with Crippen molar-refractivity contribution in [1.29, 1.82) is 0 Å². The second-order valence-electron chi connectivity index (χ2n) is 22.2. The first-order valence-electron chi connectivity index (χ1n) is 31.0. The first kappa shape index (κ1) is 74.7. The third-order valence-corrected chi connectivity index (χ3v) is 13.5. The lowest BCUT2D eigenvalue weighted by molar-refractivity contribution is -0.122. The number of H-pyrrole nitrogens is 1. The van der Waals surface area contributed by atoms with Crippen molar-refractivity contribution in [2.75, 3.05) is 31.1 Å². The number of carbonyl (C=O) groups is 3. The number of hydrogen-bond acceptors (Lipinski definition) is 11. The van der Waals surface area contributed by atoms with Gasteiger partial charge in [-0.05, 0) is 84.1 Å². The molecule has 0 aromatic carbocycles. The van der Waals surface area contributed by atoms with Crippen LogP contribution in [0.2, 0.25) is 0 Å². The molecule has 3 heterocycles. The number of aryl methyl sites for hydroxylation is 3. The molecular formula is C61H111ClN14O4. The van der Waals surface area contributed by atoms with Crippen LogP contribution in [0.25, 0.3) is 10.4 Å². The summed E-state index contributed by atoms with van der Waals surface area (Å²) in [4.78, 5) is 49.3. The van der Waals surface area contributed by atoms with Gasteiger partial charge in [0.25, 0.3) is 0 Å². The van der Waals surface area contributed by atoms with E-state index in [0.717, 1.165) is 107 Å². The Hall–Kier alpha value is -5.27. The maximum atomic E-state index is 12.1. The maximum Gasteiger partial charge on any atom is 0.421 e. The maximum absolute atomic E-state index is 12.1. The highest BCUT2D eigenvalue weighted by Gasteiger charge is 2.20. The van der Waals surface area contributed by atoms with E-state index in [4.69, 9.17) is 28.2 Å². The lowest BCUT2D eigenvalue weighted by Crippen LogP contribution is -2.27. The fraction of sp³-hybridized carbons (Fsp3) is 0.787. The monoisotopic (exact) mass is 1140 g/mol. The predicted molar refractivity (Wildman–Crippen MR) is 331 cm³/mol. The van der Waals surface area contributed by atoms with E-state index in [9.17, 15) is 14.4 Å². The Balaban J connectivity index is 0.00000123. The number of unbranched alkanes of at least 4 members (excludes halogenated alkanes) is 29. The largest absolute Gasteiger partial charge is 0.443 e. The second-order valence-corrected chi connectivity index (χ2v) is 22.2. The summed E-state index contributed by atoms with van der Waals surface area (Å²) in [5.41, 5.74) is 21.8. The van der Waals surface area contributed by atoms with Crippen LogP contribution in [-0.4, -0.2) is 77.7 Å². The molecule has 80 heavy (non-hydrogen) atoms. The summed E-state index contributed by atoms with van der Waals surface area (Å²) in [6, 6.07) is 0. The van der Waals surface area contributed by atoms with E-state index in [1.807, 2.05) is 31.6 Å². The molecule has 0 aliphatic rings. The Morgan fingerprint density at radius 1 is 0.675 bits per heavy atom. The minimum absolute atomic E-state index is 0. The highest BCUT2D eigenvalue weighted by Crippen LogP contribution is 2.17. The first-order valence-corrected chi connectivity index (χ1v) is 31.0. The van der Waals surface area contributed by atoms with Crippen LogP contribution in [0, 0.1) is 12.3 Å². The molecule has 0 bridgehead atoms. The van der Waals surface area contributed by atoms with Gasteiger partial charge in [0, 0.05) is 61.9 Å². The fourth-order valence-corrected chi connectivity index (χ4v) is 8.98. The molecule has 3 aromatic rings. The number of aromatic nitrogens is 7. The van der Waals surface area contributed by atoms with E-state index in [2.05, 4.69) is 65.7 Å². The number of amides is 2. The van der Waals surface area contributed by atoms with Crippen LogP contribution in [-0.2, 0) is 40.1 Å². The molecule has 3 aromatic heterocycles. The summed E-state index contributed by atoms with van der Waals surface area (Å²) in [7, 11) is 0. The topological polar surface area (TPSA) is 263 Å². The van der Waals surface area contributed by atoms with Gasteiger partial charge >= 0.3 is 6.09 Å². The van der Waals surface area contributed by atoms with Gasteiger partial charge in [-0.2, -0.15) is 0 Å². The molecule has 0 spiro atoms. The molecule has 0 radical (unpaired) electrons. The summed E-state index contributed by atoms with van der Waals surface area (Å²) < 4.78 is 8.34. The number of aromatic amines is 1. The molecule has 0 saturated carbocycles. The molecule has 0 fully saturated rings. The number of nitrogens with one attached hydrogen (secondary N) is 3. The first-order chi connectivity index (χ1) is 38.3. The predicted octanol–water partition coefficient (Wildman–Crippen LogP) is 15.4. The number of terminal acetylenes is 1. The van der Waals surface area contributed by atoms with Gasteiger partial charge in [-0.15, -0.1) is 29.8 Å². The van der Waals surface area contributed by atoms with Crippen LogP contribution in [0.1, 0.15) is 276 Å². The van der Waals surface area contributed by atoms with Crippen molar-refractivity contribution < 1.29 is 19.1 Å². The lowest BCUT2D eigenvalue weighted by atomic mass is 10.0. The zero-order valence-corrected chi connectivity index (χ0v) is 51.5. The Morgan fingerprint density at radius 2 is 1.14 bits per heavy atom. The van der Waals surface area contributed by atoms with Crippen LogP contribution >= 0.6 is 12.4 Å². The Bertz CT molecular complexity index is 2050. The number of rotatable bonds is 45. The van der Waals surface area contributed by atoms with Crippen molar-refractivity contribution in [3.63, 3.8) is 0 Å². The molecule has 0 aliphatic carbocycles. The summed E-state index contributed by atoms with van der Waals surface area (Å²) in [6.45, 7) is 12.0. The third-order valence-electron chi connectivity index (χ3n) is 13.5. The number of carbonyl (C=O) groups excluding carboxylic acids is 3. The number of halogens is 1. The number of imidazole rings is 2. The molecule has 18 nitrogen and oxygen atoms in total. The number of anilines is 2. The number of ether oxygens (including phenoxy) is 1. The molecule has 2 amide bonds. The number of hydrogen-bond donors (Lipinski definition) is 5. The quantitative estimate of drug-likeness (QED) is 0.0117. The van der Waals surface area contributed by atoms with Gasteiger partial charge in [-0.25, -0.2) is 19.3 Å². The Morgan fingerprint density at radius 3 is 1.61 bits per heavy atom. The van der Waals surface area contributed by atoms with Gasteiger partial charge in [-0.1, -0.05) is 191 Å². The van der Waals surface area contributed by atoms with E-state index >= 15 is 0 Å². The van der Waals surface area contributed by atoms with Crippen LogP contribution < -0.4 is 22.1 Å². The van der Waals surface area contributed by atoms with Gasteiger partial charge in [0.05, 0.1) is 24.1 Å². The van der Waals surface area contributed by atoms with Crippen molar-refractivity contribution in [3.8, 4) is 12.3 Å². The van der Waals surface area contributed by atoms with Crippen LogP contribution in [0.4, 0.5) is 16.7 Å². The molecule has 7 N–H and O–H groups in total. The van der Waals surface area contributed by atoms with E-state index in [1.54, 1.807) is 12.4 Å². The van der Waals surface area contributed by atoms with Crippen molar-refractivity contribution in [2.45, 2.75) is 291 Å². The number of azide groups is 1. The SMILES string of the molecule is C#CCCCCCc1cn(C(=O)OC(C)(C)C)c(N)n1.CCCCCCCCCCCCCCCC(=O)NCCN=[N+]=[N-].CCCCCCCCCCCCCCCC(=O)NCCn1cc(CCCCCc2cnc(N)[nH]2)nn1.Cl. The Labute approximate surface area is 489 Å². The highest BCUT2D eigenvalue weighted by atomic mass is 35.5. The minimum atomic E-state index is -0.552. The lowest BCUT2D eigenvalue weighted by Gasteiger charge is -2.19. The van der Waals surface area contributed by atoms with Gasteiger partial charge in [0.2, 0.25) is 17.8 Å². The van der Waals surface area contributed by atoms with Crippen LogP contribution in [0.3, 0.4) is 0 Å². The summed E-state index contributed by atoms with van der Waals surface area (Å²) in [5, 5.41) is 17.6. The molecule has 3 rings (SSSR count). The molecule has 19 heteroatoms. The van der Waals surface area contributed by atoms with E-state index in [0.29, 0.717) is 45.0 Å². The van der Waals surface area contributed by atoms with Crippen molar-refractivity contribution >= 4 is 42.2 Å². The van der Waals surface area contributed by atoms with Crippen molar-refractivity contribution in [3.05, 3.63) is 46.1 Å². The van der Waals surface area contributed by atoms with Gasteiger partial charge in [0.1, 0.15) is 5.60 Å². The average Bonchev–Trinajstić information content (AvgIpc) is 4.17. The zero-order valence-electron chi connectivity index (χ0n) is 50.7. The molecule has 0 atom stereocenters. The summed E-state index contributed by atoms with van der Waals surface area (Å²) in [5.74, 6) is 3.48. The van der Waals surface area contributed by atoms with Crippen molar-refractivity contribution in [1.82, 2.24) is 45.1 Å². The smallest absolute Gasteiger partial charge is 0.421 e. The molecule has 456 valence electrons. The second kappa shape index (κ2) is 51.8. The number of nitrogen functional groups attached to an aromatic ring is 2. The van der Waals surface area contributed by atoms with Crippen LogP contribution in [0.15, 0.2) is 23.7 Å². The van der Waals surface area contributed by atoms with Gasteiger partial charge < -0.3 is 31.8 Å². The highest BCUT2D eigenvalue weighted by molar-refractivity contribution is 5.85. The average molecular weight is 1140 g/mol. The van der Waals surface area contributed by atoms with E-state index < -0.39 is 11.7 Å². The Kier molecular flexibility index (Phi) is 48.4. The summed E-state index contributed by atoms with van der Waals surface area (Å²) >= 11 is 0. The molecular weight excluding hydrogens is 1030 g/mol. The van der Waals surface area contributed by atoms with Crippen LogP contribution in [0.5, 0.6) is 0 Å². The molecule has 0 unspecified atom stereocenters. The van der Waals surface area contributed by atoms with E-state index in [1.165, 1.54) is 146 Å². The van der Waals surface area contributed by atoms with Gasteiger partial charge in [-0.3, -0.25) is 14.3 Å². The normalized spacial score (nSPS) is 10.8. The van der Waals surface area contributed by atoms with Crippen molar-refractivity contribution in [2.24, 2.45) is 5.11 Å². The van der Waals surface area contributed by atoms with E-state index in [-0.39, 0.29) is 30.2 Å². The standard InChI is InChI=1S/C28H51N7O.C18H36N4O.C15H23N3O2.ClH/c1-2-3-4-5-6-7-8-9-10-11-12-13-17-20-27(36)30-21-22-35-24-26(33-34-35)19-16-14-15-18-25-23-31-28(29)32-25;1-2-3-4-5-6-7-8-9-10-11-12-13-14-15-18(23)20-16-17-21-22-19;1-5-6-7-8-9-10-12-11-18(13(16)17-12)14(19)20-15(2,3)4;/h23-24H,2-22H2,1H3,(H,30,36)(H3,29,31,32);2-17H2,1H3,(H,20,23);1,11H,6-10H2,2-4H3,(H2,16,17);1H. The fourth-order valence-electron chi connectivity index (χ4n) is 8.98. The zero-order chi connectivity index (χ0) is 57.9. The molecule has 0 saturated heterocycles. The number of nitrogens with zero attached hydrogens (tertiary/aromatic N) is 9. The minimum Gasteiger partial charge on any atom is -0.443 e.